The lowest BCUT2D eigenvalue weighted by Crippen LogP contribution is -2.62. The molecule has 20 heteroatoms. The molecule has 8 atom stereocenters. The van der Waals surface area contributed by atoms with Gasteiger partial charge in [-0.2, -0.15) is 4.68 Å². The third-order valence-corrected chi connectivity index (χ3v) is 10.8. The normalized spacial score (nSPS) is 23.6. The molecule has 6 rings (SSSR count). The van der Waals surface area contributed by atoms with Crippen LogP contribution in [0.2, 0.25) is 0 Å². The number of aromatic nitrogens is 4. The Kier molecular flexibility index (Phi) is 15.4. The molecule has 18 nitrogen and oxygen atoms in total. The SMILES string of the molecule is CC(=O)OC[C@H]1O[C@@H](CC(=S)Nc2cccc(C3O[C@H](CSc4nnnn4-c4ccc(O)cc4)C[C@H](c4ccc(CO)cc4)O3)c2)[C@H](OC(C)=O)[C@@H](OC(C)=O)[C@@H]1OC(C)=O. The van der Waals surface area contributed by atoms with Crippen LogP contribution in [0.25, 0.3) is 5.69 Å². The van der Waals surface area contributed by atoms with Crippen LogP contribution in [0.3, 0.4) is 0 Å². The summed E-state index contributed by atoms with van der Waals surface area (Å²) in [4.78, 5) is 48.8. The zero-order valence-electron chi connectivity index (χ0n) is 33.6. The smallest absolute Gasteiger partial charge is 0.303 e. The Morgan fingerprint density at radius 1 is 0.836 bits per heavy atom. The Morgan fingerprint density at radius 3 is 2.16 bits per heavy atom. The highest BCUT2D eigenvalue weighted by Gasteiger charge is 2.52. The van der Waals surface area contributed by atoms with Crippen molar-refractivity contribution in [3.8, 4) is 11.4 Å². The molecule has 0 aliphatic carbocycles. The quantitative estimate of drug-likeness (QED) is 0.0648. The van der Waals surface area contributed by atoms with E-state index in [1.165, 1.54) is 25.6 Å². The number of thiocarbonyl (C=S) groups is 1. The highest BCUT2D eigenvalue weighted by atomic mass is 32.2. The average molecular weight is 880 g/mol. The lowest BCUT2D eigenvalue weighted by molar-refractivity contribution is -0.251. The number of nitrogens with zero attached hydrogens (tertiary/aromatic N) is 4. The molecule has 4 aromatic rings. The van der Waals surface area contributed by atoms with Gasteiger partial charge in [0.05, 0.1) is 29.5 Å². The van der Waals surface area contributed by atoms with E-state index in [9.17, 15) is 29.4 Å². The first-order chi connectivity index (χ1) is 29.3. The molecule has 2 saturated heterocycles. The van der Waals surface area contributed by atoms with Crippen molar-refractivity contribution in [2.75, 3.05) is 17.7 Å². The lowest BCUT2D eigenvalue weighted by Gasteiger charge is -2.44. The third-order valence-electron chi connectivity index (χ3n) is 9.46. The molecule has 0 amide bonds. The van der Waals surface area contributed by atoms with Gasteiger partial charge in [-0.1, -0.05) is 60.4 Å². The molecule has 2 aliphatic heterocycles. The van der Waals surface area contributed by atoms with Crippen molar-refractivity contribution in [2.24, 2.45) is 0 Å². The van der Waals surface area contributed by atoms with Crippen LogP contribution in [0.1, 0.15) is 69.6 Å². The van der Waals surface area contributed by atoms with Crippen LogP contribution in [0.15, 0.2) is 78.0 Å². The molecule has 0 saturated carbocycles. The largest absolute Gasteiger partial charge is 0.508 e. The molecular formula is C41H45N5O13S2. The van der Waals surface area contributed by atoms with Crippen molar-refractivity contribution in [1.29, 1.82) is 0 Å². The summed E-state index contributed by atoms with van der Waals surface area (Å²) in [6.07, 6.45) is -7.14. The zero-order valence-corrected chi connectivity index (χ0v) is 35.2. The fourth-order valence-corrected chi connectivity index (χ4v) is 8.05. The first kappa shape index (κ1) is 45.0. The van der Waals surface area contributed by atoms with E-state index in [0.29, 0.717) is 34.3 Å². The number of ether oxygens (including phenoxy) is 7. The fraction of sp³-hybridized carbons (Fsp3) is 0.415. The molecule has 0 spiro atoms. The molecule has 1 unspecified atom stereocenters. The Labute approximate surface area is 360 Å². The number of rotatable bonds is 15. The summed E-state index contributed by atoms with van der Waals surface area (Å²) in [5.74, 6) is -2.24. The number of thioether (sulfide) groups is 1. The summed E-state index contributed by atoms with van der Waals surface area (Å²) in [5, 5.41) is 35.3. The van der Waals surface area contributed by atoms with Gasteiger partial charge in [0.2, 0.25) is 5.16 Å². The van der Waals surface area contributed by atoms with E-state index in [-0.39, 0.29) is 42.6 Å². The second-order valence-electron chi connectivity index (χ2n) is 14.2. The number of carbonyl (C=O) groups excluding carboxylic acids is 4. The van der Waals surface area contributed by atoms with Gasteiger partial charge in [-0.25, -0.2) is 0 Å². The van der Waals surface area contributed by atoms with Gasteiger partial charge >= 0.3 is 23.9 Å². The third kappa shape index (κ3) is 12.3. The van der Waals surface area contributed by atoms with Crippen molar-refractivity contribution >= 4 is 58.5 Å². The maximum Gasteiger partial charge on any atom is 0.303 e. The van der Waals surface area contributed by atoms with Gasteiger partial charge in [0, 0.05) is 57.5 Å². The number of nitrogens with one attached hydrogen (secondary N) is 1. The number of phenolic OH excluding ortho intramolecular Hbond substituents is 1. The first-order valence-corrected chi connectivity index (χ1v) is 20.6. The minimum absolute atomic E-state index is 0.0656. The molecule has 3 aromatic carbocycles. The number of hydrogen-bond acceptors (Lipinski definition) is 18. The van der Waals surface area contributed by atoms with Crippen molar-refractivity contribution < 1.29 is 62.5 Å². The van der Waals surface area contributed by atoms with Gasteiger partial charge in [0.15, 0.2) is 24.6 Å². The van der Waals surface area contributed by atoms with Gasteiger partial charge in [-0.3, -0.25) is 19.2 Å². The molecule has 0 bridgehead atoms. The summed E-state index contributed by atoms with van der Waals surface area (Å²) in [5.41, 5.74) is 3.57. The number of aromatic hydroxyl groups is 1. The van der Waals surface area contributed by atoms with Gasteiger partial charge in [-0.15, -0.1) is 5.10 Å². The average Bonchev–Trinajstić information content (AvgIpc) is 3.70. The lowest BCUT2D eigenvalue weighted by atomic mass is 9.92. The Hall–Kier alpha value is -5.51. The minimum atomic E-state index is -1.32. The minimum Gasteiger partial charge on any atom is -0.508 e. The monoisotopic (exact) mass is 879 g/mol. The van der Waals surface area contributed by atoms with E-state index in [0.717, 1.165) is 25.0 Å². The summed E-state index contributed by atoms with van der Waals surface area (Å²) < 4.78 is 42.8. The molecule has 1 aromatic heterocycles. The number of aliphatic hydroxyl groups is 1. The van der Waals surface area contributed by atoms with Crippen molar-refractivity contribution in [1.82, 2.24) is 20.2 Å². The van der Waals surface area contributed by atoms with Crippen LogP contribution in [-0.2, 0) is 58.9 Å². The molecule has 3 heterocycles. The van der Waals surface area contributed by atoms with Crippen LogP contribution in [0.4, 0.5) is 5.69 Å². The molecule has 61 heavy (non-hydrogen) atoms. The van der Waals surface area contributed by atoms with Crippen LogP contribution in [0.5, 0.6) is 5.75 Å². The molecule has 2 aliphatic rings. The van der Waals surface area contributed by atoms with Crippen LogP contribution in [-0.4, -0.2) is 108 Å². The molecule has 0 radical (unpaired) electrons. The van der Waals surface area contributed by atoms with Gasteiger partial charge in [0.25, 0.3) is 0 Å². The van der Waals surface area contributed by atoms with Crippen molar-refractivity contribution in [2.45, 2.75) is 101 Å². The second kappa shape index (κ2) is 20.8. The van der Waals surface area contributed by atoms with Gasteiger partial charge in [0.1, 0.15) is 24.6 Å². The molecule has 3 N–H and O–H groups in total. The predicted octanol–water partition coefficient (Wildman–Crippen LogP) is 4.45. The highest BCUT2D eigenvalue weighted by molar-refractivity contribution is 7.99. The van der Waals surface area contributed by atoms with E-state index in [1.807, 2.05) is 36.4 Å². The zero-order chi connectivity index (χ0) is 43.6. The summed E-state index contributed by atoms with van der Waals surface area (Å²) >= 11 is 7.18. The summed E-state index contributed by atoms with van der Waals surface area (Å²) in [6, 6.07) is 21.3. The van der Waals surface area contributed by atoms with E-state index in [1.54, 1.807) is 41.1 Å². The molecule has 2 fully saturated rings. The number of benzene rings is 3. The maximum atomic E-state index is 12.3. The topological polar surface area (TPSA) is 229 Å². The van der Waals surface area contributed by atoms with Crippen molar-refractivity contribution in [3.63, 3.8) is 0 Å². The number of hydrogen-bond donors (Lipinski definition) is 3. The van der Waals surface area contributed by atoms with E-state index >= 15 is 0 Å². The molecule has 324 valence electrons. The summed E-state index contributed by atoms with van der Waals surface area (Å²) in [6.45, 7) is 4.22. The van der Waals surface area contributed by atoms with Gasteiger partial charge in [-0.05, 0) is 58.0 Å². The first-order valence-electron chi connectivity index (χ1n) is 19.2. The number of anilines is 1. The number of aliphatic hydroxyl groups excluding tert-OH is 1. The van der Waals surface area contributed by atoms with Crippen LogP contribution < -0.4 is 5.32 Å². The Bertz CT molecular complexity index is 2170. The Morgan fingerprint density at radius 2 is 1.51 bits per heavy atom. The van der Waals surface area contributed by atoms with Crippen LogP contribution >= 0.6 is 24.0 Å². The van der Waals surface area contributed by atoms with E-state index in [4.69, 9.17) is 45.4 Å². The van der Waals surface area contributed by atoms with Crippen molar-refractivity contribution in [3.05, 3.63) is 89.5 Å². The van der Waals surface area contributed by atoms with E-state index < -0.39 is 60.7 Å². The summed E-state index contributed by atoms with van der Waals surface area (Å²) in [7, 11) is 0. The molecular weight excluding hydrogens is 835 g/mol. The predicted molar refractivity (Wildman–Crippen MR) is 219 cm³/mol. The van der Waals surface area contributed by atoms with Gasteiger partial charge < -0.3 is 48.7 Å². The van der Waals surface area contributed by atoms with E-state index in [2.05, 4.69) is 20.8 Å². The number of tetrazole rings is 1. The fourth-order valence-electron chi connectivity index (χ4n) is 6.86. The Balaban J connectivity index is 1.20. The number of carbonyl (C=O) groups is 4. The van der Waals surface area contributed by atoms with Crippen LogP contribution in [0, 0.1) is 0 Å². The number of esters is 4. The highest BCUT2D eigenvalue weighted by Crippen LogP contribution is 2.40. The standard InChI is InChI=1S/C41H45N5O13S2/c1-22(48)53-20-35-38(55-24(3)50)39(56-25(4)51)37(54-23(2)49)34(58-35)18-36(60)42-29-7-5-6-28(16-29)40-57-32(17-33(59-40)27-10-8-26(19-47)9-11-27)21-61-41-43-44-45-46(41)30-12-14-31(52)15-13-30/h5-16,32-35,37-40,47,52H,17-21H2,1-4H3,(H,42,60)/t32-,33+,34-,35+,37-,38+,39+,40?/m0/s1. The number of phenols is 1. The second-order valence-corrected chi connectivity index (χ2v) is 15.6. The maximum absolute atomic E-state index is 12.3.